The zero-order valence-electron chi connectivity index (χ0n) is 11.0. The predicted molar refractivity (Wildman–Crippen MR) is 72.6 cm³/mol. The summed E-state index contributed by atoms with van der Waals surface area (Å²) < 4.78 is 16.3. The molecule has 1 aliphatic rings. The smallest absolute Gasteiger partial charge is 0.167 e. The number of ketones is 1. The van der Waals surface area contributed by atoms with Crippen molar-refractivity contribution in [2.45, 2.75) is 51.7 Å². The Balaban J connectivity index is 1.94. The number of hydrogen-bond acceptors (Lipinski definition) is 5. The van der Waals surface area contributed by atoms with Gasteiger partial charge in [-0.15, -0.1) is 0 Å². The summed E-state index contributed by atoms with van der Waals surface area (Å²) in [5.41, 5.74) is 0. The second-order valence-corrected chi connectivity index (χ2v) is 4.77. The number of Topliss-reactive ketones (excluding diaryl/α,β-unsaturated/α-hetero) is 1. The second-order valence-electron chi connectivity index (χ2n) is 4.31. The molecule has 0 aliphatic carbocycles. The zero-order chi connectivity index (χ0) is 13.2. The highest BCUT2D eigenvalue weighted by atomic mass is 32.1. The van der Waals surface area contributed by atoms with Gasteiger partial charge in [0.1, 0.15) is 5.78 Å². The van der Waals surface area contributed by atoms with Gasteiger partial charge in [0.25, 0.3) is 0 Å². The van der Waals surface area contributed by atoms with Crippen LogP contribution in [-0.4, -0.2) is 36.9 Å². The number of ether oxygens (including phenoxy) is 3. The number of carbonyl (C=O) groups excluding carboxylic acids is 1. The molecule has 0 amide bonds. The van der Waals surface area contributed by atoms with Crippen molar-refractivity contribution >= 4 is 23.1 Å². The maximum Gasteiger partial charge on any atom is 0.167 e. The number of rotatable bonds is 8. The highest BCUT2D eigenvalue weighted by Gasteiger charge is 2.13. The van der Waals surface area contributed by atoms with E-state index in [2.05, 4.69) is 0 Å². The first kappa shape index (κ1) is 15.5. The van der Waals surface area contributed by atoms with E-state index in [4.69, 9.17) is 26.4 Å². The summed E-state index contributed by atoms with van der Waals surface area (Å²) in [5.74, 6) is 0.117. The van der Waals surface area contributed by atoms with Gasteiger partial charge in [-0.2, -0.15) is 0 Å². The Morgan fingerprint density at radius 3 is 2.89 bits per heavy atom. The average molecular weight is 274 g/mol. The molecule has 1 aliphatic heterocycles. The molecule has 1 rings (SSSR count). The summed E-state index contributed by atoms with van der Waals surface area (Å²) in [7, 11) is 0. The van der Waals surface area contributed by atoms with Gasteiger partial charge in [0.2, 0.25) is 0 Å². The molecule has 1 atom stereocenters. The molecule has 1 saturated heterocycles. The SMILES string of the molecule is CCC(=O)CC(=S)OCCCO[C@H]1CCCCO1. The topological polar surface area (TPSA) is 44.8 Å². The molecule has 104 valence electrons. The lowest BCUT2D eigenvalue weighted by Crippen LogP contribution is -2.23. The van der Waals surface area contributed by atoms with Crippen LogP contribution in [0.2, 0.25) is 0 Å². The molecule has 0 bridgehead atoms. The maximum absolute atomic E-state index is 11.1. The van der Waals surface area contributed by atoms with Gasteiger partial charge in [-0.05, 0) is 31.5 Å². The van der Waals surface area contributed by atoms with Gasteiger partial charge in [0, 0.05) is 19.4 Å². The van der Waals surface area contributed by atoms with Crippen molar-refractivity contribution in [1.82, 2.24) is 0 Å². The minimum absolute atomic E-state index is 0.0487. The highest BCUT2D eigenvalue weighted by molar-refractivity contribution is 7.80. The van der Waals surface area contributed by atoms with E-state index >= 15 is 0 Å². The van der Waals surface area contributed by atoms with Crippen molar-refractivity contribution < 1.29 is 19.0 Å². The summed E-state index contributed by atoms with van der Waals surface area (Å²) >= 11 is 4.96. The molecule has 0 N–H and O–H groups in total. The Kier molecular flexibility index (Phi) is 8.13. The Morgan fingerprint density at radius 2 is 2.22 bits per heavy atom. The highest BCUT2D eigenvalue weighted by Crippen LogP contribution is 2.13. The van der Waals surface area contributed by atoms with Crippen molar-refractivity contribution in [3.63, 3.8) is 0 Å². The summed E-state index contributed by atoms with van der Waals surface area (Å²) in [4.78, 5) is 11.1. The molecule has 0 spiro atoms. The van der Waals surface area contributed by atoms with Crippen molar-refractivity contribution in [1.29, 1.82) is 0 Å². The van der Waals surface area contributed by atoms with Gasteiger partial charge in [0.05, 0.1) is 19.6 Å². The van der Waals surface area contributed by atoms with Crippen LogP contribution in [0.25, 0.3) is 0 Å². The number of carbonyl (C=O) groups is 1. The van der Waals surface area contributed by atoms with Crippen LogP contribution in [0.3, 0.4) is 0 Å². The molecule has 4 nitrogen and oxygen atoms in total. The van der Waals surface area contributed by atoms with Gasteiger partial charge in [-0.1, -0.05) is 6.92 Å². The van der Waals surface area contributed by atoms with Crippen LogP contribution in [0.5, 0.6) is 0 Å². The molecule has 18 heavy (non-hydrogen) atoms. The Hall–Kier alpha value is -0.520. The van der Waals surface area contributed by atoms with Crippen molar-refractivity contribution in [2.75, 3.05) is 19.8 Å². The van der Waals surface area contributed by atoms with Crippen LogP contribution in [0.4, 0.5) is 0 Å². The van der Waals surface area contributed by atoms with E-state index < -0.39 is 0 Å². The van der Waals surface area contributed by atoms with E-state index in [1.807, 2.05) is 6.92 Å². The maximum atomic E-state index is 11.1. The van der Waals surface area contributed by atoms with Gasteiger partial charge in [0.15, 0.2) is 11.3 Å². The fraction of sp³-hybridized carbons (Fsp3) is 0.846. The quantitative estimate of drug-likeness (QED) is 0.503. The average Bonchev–Trinajstić information content (AvgIpc) is 2.39. The van der Waals surface area contributed by atoms with Crippen LogP contribution in [-0.2, 0) is 19.0 Å². The lowest BCUT2D eigenvalue weighted by Gasteiger charge is -2.22. The molecule has 1 heterocycles. The fourth-order valence-corrected chi connectivity index (χ4v) is 1.88. The lowest BCUT2D eigenvalue weighted by molar-refractivity contribution is -0.163. The van der Waals surface area contributed by atoms with Crippen LogP contribution in [0.15, 0.2) is 0 Å². The molecule has 1 fully saturated rings. The van der Waals surface area contributed by atoms with Gasteiger partial charge in [-0.3, -0.25) is 4.79 Å². The van der Waals surface area contributed by atoms with E-state index in [1.165, 1.54) is 6.42 Å². The minimum atomic E-state index is -0.0487. The minimum Gasteiger partial charge on any atom is -0.486 e. The van der Waals surface area contributed by atoms with E-state index in [-0.39, 0.29) is 18.5 Å². The monoisotopic (exact) mass is 274 g/mol. The Morgan fingerprint density at radius 1 is 1.39 bits per heavy atom. The third-order valence-corrected chi connectivity index (χ3v) is 2.99. The van der Waals surface area contributed by atoms with Gasteiger partial charge >= 0.3 is 0 Å². The first-order valence-electron chi connectivity index (χ1n) is 6.63. The van der Waals surface area contributed by atoms with Crippen LogP contribution < -0.4 is 0 Å². The summed E-state index contributed by atoms with van der Waals surface area (Å²) in [6, 6.07) is 0. The Bertz CT molecular complexity index is 262. The van der Waals surface area contributed by atoms with E-state index in [9.17, 15) is 4.79 Å². The normalized spacial score (nSPS) is 19.5. The van der Waals surface area contributed by atoms with E-state index in [1.54, 1.807) is 0 Å². The van der Waals surface area contributed by atoms with Crippen molar-refractivity contribution in [3.05, 3.63) is 0 Å². The second kappa shape index (κ2) is 9.42. The third kappa shape index (κ3) is 7.03. The van der Waals surface area contributed by atoms with Gasteiger partial charge < -0.3 is 14.2 Å². The summed E-state index contributed by atoms with van der Waals surface area (Å²) in [6.07, 6.45) is 4.74. The molecule has 0 radical (unpaired) electrons. The van der Waals surface area contributed by atoms with Crippen molar-refractivity contribution in [3.8, 4) is 0 Å². The molecule has 0 aromatic heterocycles. The molecule has 5 heteroatoms. The molecular weight excluding hydrogens is 252 g/mol. The standard InChI is InChI=1S/C13H22O4S/c1-2-11(14)10-13(18)17-9-5-8-16-12-6-3-4-7-15-12/h12H,2-10H2,1H3/t12-/m0/s1. The number of thiocarbonyl (C=S) groups is 1. The first-order valence-corrected chi connectivity index (χ1v) is 7.03. The number of hydrogen-bond donors (Lipinski definition) is 0. The molecule has 0 aromatic carbocycles. The first-order chi connectivity index (χ1) is 8.72. The fourth-order valence-electron chi connectivity index (χ4n) is 1.64. The molecule has 0 saturated carbocycles. The largest absolute Gasteiger partial charge is 0.486 e. The Labute approximate surface area is 114 Å². The van der Waals surface area contributed by atoms with Crippen LogP contribution >= 0.6 is 12.2 Å². The predicted octanol–water partition coefficient (Wildman–Crippen LogP) is 2.63. The lowest BCUT2D eigenvalue weighted by atomic mass is 10.2. The van der Waals surface area contributed by atoms with Crippen LogP contribution in [0.1, 0.15) is 45.4 Å². The summed E-state index contributed by atoms with van der Waals surface area (Å²) in [5, 5.41) is 0.385. The molecule has 0 aromatic rings. The third-order valence-electron chi connectivity index (χ3n) is 2.73. The zero-order valence-corrected chi connectivity index (χ0v) is 11.8. The molecular formula is C13H22O4S. The van der Waals surface area contributed by atoms with Crippen LogP contribution in [0, 0.1) is 0 Å². The van der Waals surface area contributed by atoms with E-state index in [0.29, 0.717) is 24.7 Å². The summed E-state index contributed by atoms with van der Waals surface area (Å²) in [6.45, 7) is 3.73. The molecule has 0 unspecified atom stereocenters. The van der Waals surface area contributed by atoms with Crippen molar-refractivity contribution in [2.24, 2.45) is 0 Å². The van der Waals surface area contributed by atoms with E-state index in [0.717, 1.165) is 25.9 Å². The van der Waals surface area contributed by atoms with Gasteiger partial charge in [-0.25, -0.2) is 0 Å².